The number of rotatable bonds is 5. The van der Waals surface area contributed by atoms with E-state index < -0.39 is 5.60 Å². The Morgan fingerprint density at radius 1 is 1.33 bits per heavy atom. The number of amides is 1. The van der Waals surface area contributed by atoms with Gasteiger partial charge in [-0.25, -0.2) is 9.37 Å². The highest BCUT2D eigenvalue weighted by atomic mass is 32.1. The predicted octanol–water partition coefficient (Wildman–Crippen LogP) is 3.43. The van der Waals surface area contributed by atoms with Gasteiger partial charge in [0.15, 0.2) is 0 Å². The Labute approximate surface area is 162 Å². The van der Waals surface area contributed by atoms with E-state index in [1.165, 1.54) is 23.5 Å². The number of hydrogen-bond donors (Lipinski definition) is 1. The van der Waals surface area contributed by atoms with Crippen molar-refractivity contribution in [2.24, 2.45) is 0 Å². The number of benzene rings is 1. The number of ether oxygens (including phenoxy) is 1. The monoisotopic (exact) mass is 392 g/mol. The first-order valence-electron chi connectivity index (χ1n) is 9.20. The van der Waals surface area contributed by atoms with Crippen molar-refractivity contribution < 1.29 is 19.0 Å². The van der Waals surface area contributed by atoms with Crippen molar-refractivity contribution in [2.45, 2.75) is 45.1 Å². The molecule has 146 valence electrons. The molecule has 0 radical (unpaired) electrons. The van der Waals surface area contributed by atoms with E-state index in [0.717, 1.165) is 22.0 Å². The van der Waals surface area contributed by atoms with Crippen LogP contribution in [-0.4, -0.2) is 40.6 Å². The third kappa shape index (κ3) is 4.84. The van der Waals surface area contributed by atoms with E-state index in [1.807, 2.05) is 6.92 Å². The molecule has 27 heavy (non-hydrogen) atoms. The quantitative estimate of drug-likeness (QED) is 0.847. The number of aryl methyl sites for hydroxylation is 1. The van der Waals surface area contributed by atoms with Gasteiger partial charge >= 0.3 is 0 Å². The van der Waals surface area contributed by atoms with Crippen molar-refractivity contribution in [1.82, 2.24) is 9.88 Å². The van der Waals surface area contributed by atoms with Gasteiger partial charge in [-0.3, -0.25) is 4.79 Å². The van der Waals surface area contributed by atoms with Crippen molar-refractivity contribution in [1.29, 1.82) is 0 Å². The van der Waals surface area contributed by atoms with Gasteiger partial charge in [-0.2, -0.15) is 0 Å². The highest BCUT2D eigenvalue weighted by Gasteiger charge is 2.35. The second-order valence-corrected chi connectivity index (χ2v) is 8.05. The molecule has 1 aliphatic rings. The van der Waals surface area contributed by atoms with E-state index in [9.17, 15) is 14.3 Å². The van der Waals surface area contributed by atoms with Crippen molar-refractivity contribution >= 4 is 17.2 Å². The van der Waals surface area contributed by atoms with Gasteiger partial charge in [-0.1, -0.05) is 0 Å². The van der Waals surface area contributed by atoms with Gasteiger partial charge in [-0.15, -0.1) is 11.3 Å². The first kappa shape index (κ1) is 19.8. The van der Waals surface area contributed by atoms with Gasteiger partial charge in [0, 0.05) is 37.7 Å². The Bertz CT molecular complexity index is 793. The van der Waals surface area contributed by atoms with Crippen molar-refractivity contribution in [2.75, 3.05) is 19.7 Å². The van der Waals surface area contributed by atoms with Crippen LogP contribution in [0.3, 0.4) is 0 Å². The zero-order chi connectivity index (χ0) is 19.4. The molecule has 1 aromatic heterocycles. The largest absolute Gasteiger partial charge is 0.493 e. The predicted molar refractivity (Wildman–Crippen MR) is 102 cm³/mol. The van der Waals surface area contributed by atoms with Crippen LogP contribution in [0, 0.1) is 12.7 Å². The lowest BCUT2D eigenvalue weighted by Gasteiger charge is -2.24. The molecule has 0 spiro atoms. The summed E-state index contributed by atoms with van der Waals surface area (Å²) in [6.07, 6.45) is 2.55. The Balaban J connectivity index is 1.63. The number of carbonyl (C=O) groups is 1. The van der Waals surface area contributed by atoms with E-state index in [1.54, 1.807) is 24.0 Å². The van der Waals surface area contributed by atoms with Crippen LogP contribution < -0.4 is 4.74 Å². The summed E-state index contributed by atoms with van der Waals surface area (Å²) in [7, 11) is 0. The van der Waals surface area contributed by atoms with Crippen LogP contribution in [0.25, 0.3) is 0 Å². The molecule has 1 fully saturated rings. The second kappa shape index (κ2) is 8.35. The Morgan fingerprint density at radius 2 is 2.07 bits per heavy atom. The van der Waals surface area contributed by atoms with Crippen LogP contribution >= 0.6 is 11.3 Å². The van der Waals surface area contributed by atoms with E-state index in [2.05, 4.69) is 4.98 Å². The summed E-state index contributed by atoms with van der Waals surface area (Å²) >= 11 is 1.52. The molecule has 2 heterocycles. The summed E-state index contributed by atoms with van der Waals surface area (Å²) in [6.45, 7) is 5.20. The van der Waals surface area contributed by atoms with E-state index in [-0.39, 0.29) is 11.7 Å². The van der Waals surface area contributed by atoms with Crippen LogP contribution in [0.2, 0.25) is 0 Å². The summed E-state index contributed by atoms with van der Waals surface area (Å²) < 4.78 is 18.6. The van der Waals surface area contributed by atoms with Crippen molar-refractivity contribution in [3.05, 3.63) is 45.7 Å². The molecule has 1 aliphatic heterocycles. The topological polar surface area (TPSA) is 62.7 Å². The molecule has 2 aromatic rings. The van der Waals surface area contributed by atoms with Crippen LogP contribution in [-0.2, 0) is 16.8 Å². The number of aliphatic hydroxyl groups is 1. The normalized spacial score (nSPS) is 20.4. The van der Waals surface area contributed by atoms with E-state index in [4.69, 9.17) is 4.74 Å². The minimum atomic E-state index is -0.976. The lowest BCUT2D eigenvalue weighted by Crippen LogP contribution is -2.32. The minimum absolute atomic E-state index is 0.0493. The molecule has 0 saturated carbocycles. The van der Waals surface area contributed by atoms with Gasteiger partial charge in [0.2, 0.25) is 5.91 Å². The number of nitrogens with zero attached hydrogens (tertiary/aromatic N) is 2. The molecule has 0 aliphatic carbocycles. The minimum Gasteiger partial charge on any atom is -0.493 e. The molecule has 1 atom stereocenters. The number of aromatic nitrogens is 1. The molecule has 3 rings (SSSR count). The zero-order valence-corrected chi connectivity index (χ0v) is 16.5. The molecule has 0 bridgehead atoms. The lowest BCUT2D eigenvalue weighted by atomic mass is 9.96. The fourth-order valence-corrected chi connectivity index (χ4v) is 4.49. The van der Waals surface area contributed by atoms with Crippen LogP contribution in [0.4, 0.5) is 4.39 Å². The summed E-state index contributed by atoms with van der Waals surface area (Å²) in [5, 5.41) is 11.9. The summed E-state index contributed by atoms with van der Waals surface area (Å²) in [5.41, 5.74) is -0.0748. The highest BCUT2D eigenvalue weighted by Crippen LogP contribution is 2.36. The third-order valence-electron chi connectivity index (χ3n) is 4.96. The van der Waals surface area contributed by atoms with Gasteiger partial charge in [0.25, 0.3) is 0 Å². The maximum Gasteiger partial charge on any atom is 0.219 e. The molecule has 5 nitrogen and oxygen atoms in total. The van der Waals surface area contributed by atoms with E-state index >= 15 is 0 Å². The number of halogens is 1. The standard InChI is InChI=1S/C20H25FN2O3S/c1-14-18(8-13-26-17-6-4-16(21)5-7-17)27-19(22-14)20(25)9-3-11-23(12-10-20)15(2)24/h4-7,25H,3,8-13H2,1-2H3/t20-/m1/s1. The third-order valence-corrected chi connectivity index (χ3v) is 6.37. The first-order chi connectivity index (χ1) is 12.9. The Hall–Kier alpha value is -1.99. The van der Waals surface area contributed by atoms with Gasteiger partial charge < -0.3 is 14.7 Å². The first-order valence-corrected chi connectivity index (χ1v) is 10.0. The average molecular weight is 392 g/mol. The molecule has 7 heteroatoms. The van der Waals surface area contributed by atoms with Crippen molar-refractivity contribution in [3.8, 4) is 5.75 Å². The summed E-state index contributed by atoms with van der Waals surface area (Å²) in [6, 6.07) is 5.96. The Kier molecular flexibility index (Phi) is 6.11. The molecule has 0 unspecified atom stereocenters. The van der Waals surface area contributed by atoms with Crippen molar-refractivity contribution in [3.63, 3.8) is 0 Å². The smallest absolute Gasteiger partial charge is 0.219 e. The zero-order valence-electron chi connectivity index (χ0n) is 15.7. The number of likely N-dealkylation sites (tertiary alicyclic amines) is 1. The Morgan fingerprint density at radius 3 is 2.78 bits per heavy atom. The van der Waals surface area contributed by atoms with E-state index in [0.29, 0.717) is 44.7 Å². The SMILES string of the molecule is CC(=O)N1CCC[C@](O)(c2nc(C)c(CCOc3ccc(F)cc3)s2)CC1. The molecule has 1 N–H and O–H groups in total. The fraction of sp³-hybridized carbons (Fsp3) is 0.500. The average Bonchev–Trinajstić information content (AvgIpc) is 2.88. The van der Waals surface area contributed by atoms with Crippen LogP contribution in [0.5, 0.6) is 5.75 Å². The maximum atomic E-state index is 12.9. The second-order valence-electron chi connectivity index (χ2n) is 6.97. The molecular weight excluding hydrogens is 367 g/mol. The lowest BCUT2D eigenvalue weighted by molar-refractivity contribution is -0.128. The molecule has 1 amide bonds. The fourth-order valence-electron chi connectivity index (χ4n) is 3.30. The number of thiazole rings is 1. The van der Waals surface area contributed by atoms with Gasteiger partial charge in [-0.05, 0) is 44.0 Å². The van der Waals surface area contributed by atoms with Crippen LogP contribution in [0.1, 0.15) is 41.8 Å². The summed E-state index contributed by atoms with van der Waals surface area (Å²) in [4.78, 5) is 19.1. The molecular formula is C20H25FN2O3S. The number of hydrogen-bond acceptors (Lipinski definition) is 5. The molecule has 1 aromatic carbocycles. The molecule has 1 saturated heterocycles. The summed E-state index contributed by atoms with van der Waals surface area (Å²) in [5.74, 6) is 0.393. The number of carbonyl (C=O) groups excluding carboxylic acids is 1. The highest BCUT2D eigenvalue weighted by molar-refractivity contribution is 7.11. The van der Waals surface area contributed by atoms with Gasteiger partial charge in [0.05, 0.1) is 12.3 Å². The van der Waals surface area contributed by atoms with Crippen LogP contribution in [0.15, 0.2) is 24.3 Å². The van der Waals surface area contributed by atoms with Gasteiger partial charge in [0.1, 0.15) is 22.2 Å². The maximum absolute atomic E-state index is 12.9.